The second kappa shape index (κ2) is 7.39. The Bertz CT molecular complexity index is 407. The Morgan fingerprint density at radius 1 is 1.50 bits per heavy atom. The van der Waals surface area contributed by atoms with E-state index in [1.807, 2.05) is 6.92 Å². The second-order valence-corrected chi connectivity index (χ2v) is 4.99. The molecule has 0 radical (unpaired) electrons. The number of rotatable bonds is 7. The number of carboxylic acids is 1. The van der Waals surface area contributed by atoms with E-state index in [1.54, 1.807) is 0 Å². The molecule has 0 bridgehead atoms. The van der Waals surface area contributed by atoms with Crippen LogP contribution in [0.2, 0.25) is 0 Å². The van der Waals surface area contributed by atoms with Crippen LogP contribution in [0.15, 0.2) is 18.2 Å². The number of alkyl halides is 1. The Morgan fingerprint density at radius 2 is 2.22 bits per heavy atom. The van der Waals surface area contributed by atoms with Crippen molar-refractivity contribution in [1.82, 2.24) is 0 Å². The van der Waals surface area contributed by atoms with Crippen LogP contribution in [0.1, 0.15) is 29.5 Å². The highest BCUT2D eigenvalue weighted by Crippen LogP contribution is 2.15. The Hall–Kier alpha value is -1.06. The molecule has 1 aromatic rings. The van der Waals surface area contributed by atoms with Gasteiger partial charge < -0.3 is 10.8 Å². The number of carbonyl (C=O) groups is 1. The zero-order valence-corrected chi connectivity index (χ0v) is 11.4. The van der Waals surface area contributed by atoms with E-state index >= 15 is 0 Å². The van der Waals surface area contributed by atoms with Gasteiger partial charge in [0.05, 0.1) is 6.42 Å². The predicted octanol–water partition coefficient (Wildman–Crippen LogP) is 2.51. The smallest absolute Gasteiger partial charge is 0.304 e. The van der Waals surface area contributed by atoms with Crippen molar-refractivity contribution in [2.45, 2.75) is 38.6 Å². The molecule has 0 fully saturated rings. The Labute approximate surface area is 113 Å². The third kappa shape index (κ3) is 5.07. The van der Waals surface area contributed by atoms with Gasteiger partial charge in [0.25, 0.3) is 0 Å². The molecule has 0 spiro atoms. The molecule has 0 aromatic heterocycles. The van der Waals surface area contributed by atoms with Gasteiger partial charge in [-0.25, -0.2) is 0 Å². The molecule has 0 saturated heterocycles. The molecule has 0 amide bonds. The Balaban J connectivity index is 2.71. The van der Waals surface area contributed by atoms with Crippen LogP contribution in [0.25, 0.3) is 0 Å². The van der Waals surface area contributed by atoms with Crippen molar-refractivity contribution < 1.29 is 9.90 Å². The van der Waals surface area contributed by atoms with E-state index in [0.717, 1.165) is 24.0 Å². The Kier molecular flexibility index (Phi) is 6.16. The fraction of sp³-hybridized carbons (Fsp3) is 0.500. The normalized spacial score (nSPS) is 12.4. The molecule has 1 aromatic carbocycles. The quantitative estimate of drug-likeness (QED) is 0.748. The topological polar surface area (TPSA) is 63.3 Å². The van der Waals surface area contributed by atoms with Crippen LogP contribution in [0.5, 0.6) is 0 Å². The molecular formula is C14H20ClNO2. The monoisotopic (exact) mass is 269 g/mol. The molecule has 4 heteroatoms. The summed E-state index contributed by atoms with van der Waals surface area (Å²) in [6.45, 7) is 2.02. The highest BCUT2D eigenvalue weighted by atomic mass is 35.5. The molecule has 0 aliphatic rings. The van der Waals surface area contributed by atoms with Gasteiger partial charge in [-0.1, -0.05) is 18.2 Å². The summed E-state index contributed by atoms with van der Waals surface area (Å²) in [6, 6.07) is 5.94. The third-order valence-corrected chi connectivity index (χ3v) is 3.20. The van der Waals surface area contributed by atoms with Gasteiger partial charge in [-0.2, -0.15) is 0 Å². The van der Waals surface area contributed by atoms with Crippen LogP contribution in [-0.4, -0.2) is 23.0 Å². The van der Waals surface area contributed by atoms with Gasteiger partial charge in [-0.15, -0.1) is 11.6 Å². The lowest BCUT2D eigenvalue weighted by Crippen LogP contribution is -2.26. The molecule has 1 rings (SSSR count). The molecule has 0 aliphatic carbocycles. The van der Waals surface area contributed by atoms with Gasteiger partial charge in [-0.05, 0) is 42.9 Å². The van der Waals surface area contributed by atoms with Gasteiger partial charge in [0.1, 0.15) is 0 Å². The maximum absolute atomic E-state index is 10.6. The number of aryl methyl sites for hydroxylation is 2. The van der Waals surface area contributed by atoms with Crippen LogP contribution in [0, 0.1) is 6.92 Å². The molecule has 1 atom stereocenters. The molecule has 100 valence electrons. The van der Waals surface area contributed by atoms with E-state index in [2.05, 4.69) is 18.2 Å². The largest absolute Gasteiger partial charge is 0.481 e. The maximum atomic E-state index is 10.6. The van der Waals surface area contributed by atoms with E-state index in [9.17, 15) is 4.79 Å². The number of halogens is 1. The van der Waals surface area contributed by atoms with Gasteiger partial charge in [0.2, 0.25) is 0 Å². The van der Waals surface area contributed by atoms with Crippen LogP contribution < -0.4 is 5.73 Å². The van der Waals surface area contributed by atoms with Gasteiger partial charge >= 0.3 is 5.97 Å². The second-order valence-electron chi connectivity index (χ2n) is 4.62. The first-order chi connectivity index (χ1) is 8.52. The minimum absolute atomic E-state index is 0.00531. The van der Waals surface area contributed by atoms with Gasteiger partial charge in [0, 0.05) is 11.9 Å². The number of carboxylic acid groups (broad SMARTS) is 1. The van der Waals surface area contributed by atoms with Crippen molar-refractivity contribution >= 4 is 17.6 Å². The van der Waals surface area contributed by atoms with Crippen LogP contribution in [-0.2, 0) is 17.6 Å². The summed E-state index contributed by atoms with van der Waals surface area (Å²) in [4.78, 5) is 10.6. The zero-order valence-electron chi connectivity index (χ0n) is 10.7. The fourth-order valence-corrected chi connectivity index (χ4v) is 2.08. The standard InChI is InChI=1S/C14H20ClNO2/c1-10-4-5-11(3-2-6-15)7-12(10)8-13(16)9-14(17)18/h4-5,7,13H,2-3,6,8-9,16H2,1H3,(H,17,18)/t13-/m0/s1. The van der Waals surface area contributed by atoms with E-state index in [-0.39, 0.29) is 12.5 Å². The fourth-order valence-electron chi connectivity index (χ4n) is 1.95. The van der Waals surface area contributed by atoms with Crippen molar-refractivity contribution in [3.05, 3.63) is 34.9 Å². The number of benzene rings is 1. The molecule has 3 N–H and O–H groups in total. The lowest BCUT2D eigenvalue weighted by Gasteiger charge is -2.13. The van der Waals surface area contributed by atoms with Crippen molar-refractivity contribution in [2.75, 3.05) is 5.88 Å². The molecule has 3 nitrogen and oxygen atoms in total. The summed E-state index contributed by atoms with van der Waals surface area (Å²) >= 11 is 5.68. The first-order valence-corrected chi connectivity index (χ1v) is 6.68. The maximum Gasteiger partial charge on any atom is 0.304 e. The van der Waals surface area contributed by atoms with E-state index < -0.39 is 5.97 Å². The summed E-state index contributed by atoms with van der Waals surface area (Å²) in [5.74, 6) is -0.194. The van der Waals surface area contributed by atoms with E-state index in [0.29, 0.717) is 12.3 Å². The third-order valence-electron chi connectivity index (χ3n) is 2.93. The van der Waals surface area contributed by atoms with Gasteiger partial charge in [-0.3, -0.25) is 4.79 Å². The van der Waals surface area contributed by atoms with Crippen LogP contribution >= 0.6 is 11.6 Å². The van der Waals surface area contributed by atoms with Crippen molar-refractivity contribution in [1.29, 1.82) is 0 Å². The van der Waals surface area contributed by atoms with Gasteiger partial charge in [0.15, 0.2) is 0 Å². The zero-order chi connectivity index (χ0) is 13.5. The highest BCUT2D eigenvalue weighted by Gasteiger charge is 2.10. The minimum atomic E-state index is -0.849. The summed E-state index contributed by atoms with van der Waals surface area (Å²) in [6.07, 6.45) is 2.51. The molecule has 18 heavy (non-hydrogen) atoms. The van der Waals surface area contributed by atoms with E-state index in [1.165, 1.54) is 5.56 Å². The number of hydrogen-bond acceptors (Lipinski definition) is 2. The number of hydrogen-bond donors (Lipinski definition) is 2. The lowest BCUT2D eigenvalue weighted by atomic mass is 9.96. The van der Waals surface area contributed by atoms with Crippen LogP contribution in [0.3, 0.4) is 0 Å². The highest BCUT2D eigenvalue weighted by molar-refractivity contribution is 6.17. The van der Waals surface area contributed by atoms with Crippen molar-refractivity contribution in [2.24, 2.45) is 5.73 Å². The molecular weight excluding hydrogens is 250 g/mol. The van der Waals surface area contributed by atoms with Crippen molar-refractivity contribution in [3.8, 4) is 0 Å². The molecule has 0 unspecified atom stereocenters. The average Bonchev–Trinajstić information content (AvgIpc) is 2.29. The predicted molar refractivity (Wildman–Crippen MR) is 74.2 cm³/mol. The SMILES string of the molecule is Cc1ccc(CCCCl)cc1C[C@H](N)CC(=O)O. The molecule has 0 heterocycles. The average molecular weight is 270 g/mol. The van der Waals surface area contributed by atoms with Crippen LogP contribution in [0.4, 0.5) is 0 Å². The first-order valence-electron chi connectivity index (χ1n) is 6.14. The molecule has 0 aliphatic heterocycles. The van der Waals surface area contributed by atoms with E-state index in [4.69, 9.17) is 22.4 Å². The summed E-state index contributed by atoms with van der Waals surface area (Å²) in [7, 11) is 0. The summed E-state index contributed by atoms with van der Waals surface area (Å²) < 4.78 is 0. The molecule has 0 saturated carbocycles. The number of aliphatic carboxylic acids is 1. The Morgan fingerprint density at radius 3 is 2.83 bits per heavy atom. The number of nitrogens with two attached hydrogens (primary N) is 1. The first kappa shape index (κ1) is 15.0. The lowest BCUT2D eigenvalue weighted by molar-refractivity contribution is -0.137. The minimum Gasteiger partial charge on any atom is -0.481 e. The summed E-state index contributed by atoms with van der Waals surface area (Å²) in [5.41, 5.74) is 9.35. The van der Waals surface area contributed by atoms with Crippen molar-refractivity contribution in [3.63, 3.8) is 0 Å². The summed E-state index contributed by atoms with van der Waals surface area (Å²) in [5, 5.41) is 8.71.